The summed E-state index contributed by atoms with van der Waals surface area (Å²) in [5.74, 6) is 2.08. The highest BCUT2D eigenvalue weighted by Gasteiger charge is 2.43. The molecule has 0 radical (unpaired) electrons. The average Bonchev–Trinajstić information content (AvgIpc) is 2.96. The van der Waals surface area contributed by atoms with Crippen molar-refractivity contribution in [3.63, 3.8) is 0 Å². The molecule has 0 saturated heterocycles. The van der Waals surface area contributed by atoms with Crippen LogP contribution in [0, 0.1) is 20.8 Å². The van der Waals surface area contributed by atoms with Crippen LogP contribution in [0.4, 0.5) is 0 Å². The van der Waals surface area contributed by atoms with Gasteiger partial charge in [-0.2, -0.15) is 0 Å². The Kier molecular flexibility index (Phi) is 4.97. The Labute approximate surface area is 169 Å². The van der Waals surface area contributed by atoms with Gasteiger partial charge in [-0.1, -0.05) is 62.9 Å². The van der Waals surface area contributed by atoms with Crippen LogP contribution in [0.15, 0.2) is 35.2 Å². The van der Waals surface area contributed by atoms with E-state index < -0.39 is 13.3 Å². The molecule has 146 valence electrons. The highest BCUT2D eigenvalue weighted by molar-refractivity contribution is 8.00. The minimum atomic E-state index is -1.91. The minimum absolute atomic E-state index is 0.168. The van der Waals surface area contributed by atoms with Crippen LogP contribution in [-0.2, 0) is 4.93 Å². The first-order valence-electron chi connectivity index (χ1n) is 9.64. The lowest BCUT2D eigenvalue weighted by Gasteiger charge is -2.37. The summed E-state index contributed by atoms with van der Waals surface area (Å²) < 4.78 is 13.3. The predicted molar refractivity (Wildman–Crippen MR) is 119 cm³/mol. The third kappa shape index (κ3) is 3.42. The molecule has 0 aromatic heterocycles. The summed E-state index contributed by atoms with van der Waals surface area (Å²) in [5.41, 5.74) is 4.79. The number of benzene rings is 2. The Morgan fingerprint density at radius 1 is 0.963 bits per heavy atom. The molecule has 0 fully saturated rings. The van der Waals surface area contributed by atoms with Gasteiger partial charge in [0.2, 0.25) is 0 Å². The Morgan fingerprint density at radius 3 is 2.11 bits per heavy atom. The van der Waals surface area contributed by atoms with E-state index in [-0.39, 0.29) is 5.04 Å². The van der Waals surface area contributed by atoms with E-state index in [9.17, 15) is 0 Å². The van der Waals surface area contributed by atoms with Gasteiger partial charge in [0, 0.05) is 11.1 Å². The third-order valence-corrected chi connectivity index (χ3v) is 11.9. The van der Waals surface area contributed by atoms with Gasteiger partial charge in [-0.05, 0) is 57.0 Å². The molecule has 2 aromatic rings. The van der Waals surface area contributed by atoms with Gasteiger partial charge in [-0.3, -0.25) is 0 Å². The first-order valence-corrected chi connectivity index (χ1v) is 13.4. The van der Waals surface area contributed by atoms with Crippen LogP contribution in [0.5, 0.6) is 11.5 Å². The summed E-state index contributed by atoms with van der Waals surface area (Å²) in [4.78, 5) is 0.819. The molecule has 1 aliphatic heterocycles. The molecule has 3 rings (SSSR count). The van der Waals surface area contributed by atoms with Gasteiger partial charge in [0.05, 0.1) is 4.90 Å². The highest BCUT2D eigenvalue weighted by Crippen LogP contribution is 2.58. The number of hydrogen-bond donors (Lipinski definition) is 0. The van der Waals surface area contributed by atoms with Crippen molar-refractivity contribution in [2.75, 3.05) is 0 Å². The Balaban J connectivity index is 2.07. The molecule has 1 heterocycles. The normalized spacial score (nSPS) is 19.6. The van der Waals surface area contributed by atoms with Crippen molar-refractivity contribution in [3.05, 3.63) is 52.6 Å². The van der Waals surface area contributed by atoms with Crippen molar-refractivity contribution in [3.8, 4) is 11.5 Å². The van der Waals surface area contributed by atoms with Crippen molar-refractivity contribution in [2.45, 2.75) is 76.4 Å². The van der Waals surface area contributed by atoms with Crippen LogP contribution in [-0.4, -0.2) is 8.32 Å². The smallest absolute Gasteiger partial charge is 0.250 e. The maximum absolute atomic E-state index is 6.78. The molecule has 0 aliphatic carbocycles. The largest absolute Gasteiger partial charge is 0.543 e. The molecule has 2 aromatic carbocycles. The molecule has 2 nitrogen and oxygen atoms in total. The summed E-state index contributed by atoms with van der Waals surface area (Å²) in [5, 5.41) is 0.168. The molecule has 1 aliphatic rings. The second kappa shape index (κ2) is 6.59. The number of ether oxygens (including phenoxy) is 1. The number of rotatable bonds is 3. The van der Waals surface area contributed by atoms with E-state index in [0.29, 0.717) is 0 Å². The van der Waals surface area contributed by atoms with Crippen LogP contribution < -0.4 is 9.16 Å². The second-order valence-electron chi connectivity index (χ2n) is 9.24. The van der Waals surface area contributed by atoms with Gasteiger partial charge in [0.25, 0.3) is 8.32 Å². The van der Waals surface area contributed by atoms with E-state index in [0.717, 1.165) is 11.5 Å². The van der Waals surface area contributed by atoms with E-state index in [2.05, 4.69) is 85.8 Å². The Bertz CT molecular complexity index is 868. The van der Waals surface area contributed by atoms with E-state index in [1.54, 1.807) is 11.8 Å². The zero-order valence-electron chi connectivity index (χ0n) is 18.1. The third-order valence-electron chi connectivity index (χ3n) is 6.19. The standard InChI is InChI=1S/C23H32O2SSi/c1-15-16(2)20-21(17(3)19(15)25-27(8,9)22(4,5)6)26-23(7,24-20)18-13-11-10-12-14-18/h10-14H,1-9H3. The zero-order valence-corrected chi connectivity index (χ0v) is 19.9. The zero-order chi connectivity index (χ0) is 20.2. The molecule has 4 heteroatoms. The van der Waals surface area contributed by atoms with Crippen molar-refractivity contribution in [2.24, 2.45) is 0 Å². The maximum atomic E-state index is 6.78. The monoisotopic (exact) mass is 400 g/mol. The molecule has 0 saturated carbocycles. The molecule has 1 unspecified atom stereocenters. The fourth-order valence-corrected chi connectivity index (χ4v) is 5.57. The van der Waals surface area contributed by atoms with Gasteiger partial charge in [0.15, 0.2) is 4.93 Å². The Morgan fingerprint density at radius 2 is 1.56 bits per heavy atom. The van der Waals surface area contributed by atoms with Crippen molar-refractivity contribution >= 4 is 20.1 Å². The van der Waals surface area contributed by atoms with Gasteiger partial charge in [-0.15, -0.1) is 0 Å². The van der Waals surface area contributed by atoms with E-state index >= 15 is 0 Å². The second-order valence-corrected chi connectivity index (χ2v) is 15.4. The molecular formula is C23H32O2SSi. The predicted octanol–water partition coefficient (Wildman–Crippen LogP) is 7.35. The fourth-order valence-electron chi connectivity index (χ4n) is 3.14. The van der Waals surface area contributed by atoms with Crippen LogP contribution >= 0.6 is 11.8 Å². The summed E-state index contributed by atoms with van der Waals surface area (Å²) in [6, 6.07) is 10.5. The van der Waals surface area contributed by atoms with Crippen molar-refractivity contribution in [1.82, 2.24) is 0 Å². The fraction of sp³-hybridized carbons (Fsp3) is 0.478. The summed E-state index contributed by atoms with van der Waals surface area (Å²) >= 11 is 1.80. The van der Waals surface area contributed by atoms with Crippen LogP contribution in [0.2, 0.25) is 18.1 Å². The number of thioether (sulfide) groups is 1. The van der Waals surface area contributed by atoms with Gasteiger partial charge in [0.1, 0.15) is 11.5 Å². The van der Waals surface area contributed by atoms with Crippen LogP contribution in [0.3, 0.4) is 0 Å². The van der Waals surface area contributed by atoms with E-state index in [1.165, 1.54) is 27.1 Å². The first-order chi connectivity index (χ1) is 12.4. The quantitative estimate of drug-likeness (QED) is 0.502. The lowest BCUT2D eigenvalue weighted by molar-refractivity contribution is 0.194. The molecule has 0 N–H and O–H groups in total. The minimum Gasteiger partial charge on any atom is -0.543 e. The molecule has 27 heavy (non-hydrogen) atoms. The summed E-state index contributed by atoms with van der Waals surface area (Å²) in [6.45, 7) is 20.1. The lowest BCUT2D eigenvalue weighted by Crippen LogP contribution is -2.44. The number of fused-ring (bicyclic) bond motifs is 1. The van der Waals surface area contributed by atoms with Crippen molar-refractivity contribution < 1.29 is 9.16 Å². The topological polar surface area (TPSA) is 18.5 Å². The summed E-state index contributed by atoms with van der Waals surface area (Å²) in [6.07, 6.45) is 0. The maximum Gasteiger partial charge on any atom is 0.250 e. The molecule has 0 spiro atoms. The number of hydrogen-bond acceptors (Lipinski definition) is 3. The SMILES string of the molecule is Cc1c(C)c2c(c(C)c1O[Si](C)(C)C(C)(C)C)SC(C)(c1ccccc1)O2. The molecule has 1 atom stereocenters. The van der Waals surface area contributed by atoms with E-state index in [4.69, 9.17) is 9.16 Å². The average molecular weight is 401 g/mol. The molecule has 0 amide bonds. The first kappa shape index (κ1) is 20.3. The molecule has 0 bridgehead atoms. The van der Waals surface area contributed by atoms with E-state index in [1.807, 2.05) is 6.07 Å². The van der Waals surface area contributed by atoms with Crippen LogP contribution in [0.1, 0.15) is 49.9 Å². The van der Waals surface area contributed by atoms with Crippen molar-refractivity contribution in [1.29, 1.82) is 0 Å². The van der Waals surface area contributed by atoms with Gasteiger partial charge < -0.3 is 9.16 Å². The van der Waals surface area contributed by atoms with Gasteiger partial charge in [-0.25, -0.2) is 0 Å². The Hall–Kier alpha value is -1.39. The summed E-state index contributed by atoms with van der Waals surface area (Å²) in [7, 11) is -1.91. The van der Waals surface area contributed by atoms with Crippen LogP contribution in [0.25, 0.3) is 0 Å². The molecular weight excluding hydrogens is 368 g/mol. The highest BCUT2D eigenvalue weighted by atomic mass is 32.2. The lowest BCUT2D eigenvalue weighted by atomic mass is 10.0. The van der Waals surface area contributed by atoms with Gasteiger partial charge >= 0.3 is 0 Å².